The maximum atomic E-state index is 9.43. The topological polar surface area (TPSA) is 41.5 Å². The lowest BCUT2D eigenvalue weighted by molar-refractivity contribution is 0.123. The van der Waals surface area contributed by atoms with Gasteiger partial charge in [0.25, 0.3) is 0 Å². The lowest BCUT2D eigenvalue weighted by Crippen LogP contribution is -2.27. The number of ether oxygens (including phenoxy) is 1. The molecule has 0 amide bonds. The minimum absolute atomic E-state index is 0.207. The summed E-state index contributed by atoms with van der Waals surface area (Å²) in [4.78, 5) is 0. The van der Waals surface area contributed by atoms with E-state index >= 15 is 0 Å². The van der Waals surface area contributed by atoms with Crippen LogP contribution in [0.4, 0.5) is 0 Å². The van der Waals surface area contributed by atoms with Crippen LogP contribution >= 0.6 is 0 Å². The molecule has 3 nitrogen and oxygen atoms in total. The van der Waals surface area contributed by atoms with Gasteiger partial charge in [-0.3, -0.25) is 0 Å². The average molecular weight is 235 g/mol. The highest BCUT2D eigenvalue weighted by molar-refractivity contribution is 5.31. The number of para-hydroxylation sites is 1. The Labute approximate surface area is 103 Å². The monoisotopic (exact) mass is 235 g/mol. The second kappa shape index (κ2) is 6.03. The first-order chi connectivity index (χ1) is 8.31. The zero-order valence-corrected chi connectivity index (χ0v) is 10.4. The van der Waals surface area contributed by atoms with Crippen molar-refractivity contribution in [1.29, 1.82) is 0 Å². The van der Waals surface area contributed by atoms with E-state index in [1.165, 1.54) is 0 Å². The van der Waals surface area contributed by atoms with Crippen LogP contribution in [0, 0.1) is 18.8 Å². The summed E-state index contributed by atoms with van der Waals surface area (Å²) in [6, 6.07) is 8.01. The standard InChI is InChI=1S/C14H21NO2/c1-11-4-2-3-5-14(11)17-10-13(9-16)12-6-7-15-8-12/h2-5,12-13,15-16H,6-10H2,1H3. The fraction of sp³-hybridized carbons (Fsp3) is 0.571. The van der Waals surface area contributed by atoms with Crippen molar-refractivity contribution in [2.45, 2.75) is 13.3 Å². The van der Waals surface area contributed by atoms with Crippen LogP contribution in [0.15, 0.2) is 24.3 Å². The molecule has 3 heteroatoms. The Morgan fingerprint density at radius 1 is 1.47 bits per heavy atom. The molecule has 0 spiro atoms. The summed E-state index contributed by atoms with van der Waals surface area (Å²) < 4.78 is 5.81. The molecule has 0 saturated carbocycles. The Balaban J connectivity index is 1.89. The second-order valence-corrected chi connectivity index (χ2v) is 4.77. The van der Waals surface area contributed by atoms with E-state index in [4.69, 9.17) is 4.74 Å². The molecule has 1 saturated heterocycles. The molecular weight excluding hydrogens is 214 g/mol. The Bertz CT molecular complexity index is 348. The molecule has 0 aliphatic carbocycles. The summed E-state index contributed by atoms with van der Waals surface area (Å²) in [6.45, 7) is 4.92. The summed E-state index contributed by atoms with van der Waals surface area (Å²) in [6.07, 6.45) is 1.14. The van der Waals surface area contributed by atoms with Gasteiger partial charge >= 0.3 is 0 Å². The van der Waals surface area contributed by atoms with Crippen LogP contribution < -0.4 is 10.1 Å². The smallest absolute Gasteiger partial charge is 0.122 e. The third-order valence-corrected chi connectivity index (χ3v) is 3.55. The molecule has 2 rings (SSSR count). The van der Waals surface area contributed by atoms with Crippen LogP contribution in [0.1, 0.15) is 12.0 Å². The van der Waals surface area contributed by atoms with Crippen molar-refractivity contribution in [3.05, 3.63) is 29.8 Å². The summed E-state index contributed by atoms with van der Waals surface area (Å²) in [5.74, 6) is 1.71. The predicted octanol–water partition coefficient (Wildman–Crippen LogP) is 1.59. The lowest BCUT2D eigenvalue weighted by atomic mass is 9.93. The number of rotatable bonds is 5. The number of hydrogen-bond acceptors (Lipinski definition) is 3. The van der Waals surface area contributed by atoms with Crippen molar-refractivity contribution in [3.8, 4) is 5.75 Å². The summed E-state index contributed by atoms with van der Waals surface area (Å²) in [5, 5.41) is 12.8. The van der Waals surface area contributed by atoms with E-state index in [1.54, 1.807) is 0 Å². The summed E-state index contributed by atoms with van der Waals surface area (Å²) in [7, 11) is 0. The van der Waals surface area contributed by atoms with Crippen LogP contribution in [0.25, 0.3) is 0 Å². The fourth-order valence-corrected chi connectivity index (χ4v) is 2.33. The predicted molar refractivity (Wildman–Crippen MR) is 68.2 cm³/mol. The molecule has 1 aromatic carbocycles. The van der Waals surface area contributed by atoms with E-state index in [1.807, 2.05) is 31.2 Å². The zero-order chi connectivity index (χ0) is 12.1. The van der Waals surface area contributed by atoms with Crippen LogP contribution in [-0.4, -0.2) is 31.4 Å². The van der Waals surface area contributed by atoms with Gasteiger partial charge in [0.1, 0.15) is 5.75 Å². The average Bonchev–Trinajstić information content (AvgIpc) is 2.86. The van der Waals surface area contributed by atoms with Crippen molar-refractivity contribution in [3.63, 3.8) is 0 Å². The van der Waals surface area contributed by atoms with Crippen molar-refractivity contribution in [1.82, 2.24) is 5.32 Å². The van der Waals surface area contributed by atoms with Gasteiger partial charge in [-0.15, -0.1) is 0 Å². The van der Waals surface area contributed by atoms with Gasteiger partial charge in [-0.25, -0.2) is 0 Å². The van der Waals surface area contributed by atoms with Gasteiger partial charge in [-0.2, -0.15) is 0 Å². The largest absolute Gasteiger partial charge is 0.493 e. The van der Waals surface area contributed by atoms with Gasteiger partial charge in [-0.05, 0) is 44.0 Å². The summed E-state index contributed by atoms with van der Waals surface area (Å²) in [5.41, 5.74) is 1.15. The van der Waals surface area contributed by atoms with E-state index in [-0.39, 0.29) is 12.5 Å². The van der Waals surface area contributed by atoms with Crippen LogP contribution in [-0.2, 0) is 0 Å². The van der Waals surface area contributed by atoms with Gasteiger partial charge < -0.3 is 15.2 Å². The molecule has 94 valence electrons. The Kier molecular flexibility index (Phi) is 4.40. The van der Waals surface area contributed by atoms with Gasteiger partial charge in [0.15, 0.2) is 0 Å². The Morgan fingerprint density at radius 2 is 2.29 bits per heavy atom. The molecule has 1 aliphatic rings. The van der Waals surface area contributed by atoms with Crippen molar-refractivity contribution in [2.24, 2.45) is 11.8 Å². The zero-order valence-electron chi connectivity index (χ0n) is 10.4. The fourth-order valence-electron chi connectivity index (χ4n) is 2.33. The van der Waals surface area contributed by atoms with Crippen molar-refractivity contribution in [2.75, 3.05) is 26.3 Å². The molecule has 2 atom stereocenters. The highest BCUT2D eigenvalue weighted by atomic mass is 16.5. The molecule has 0 bridgehead atoms. The maximum absolute atomic E-state index is 9.43. The van der Waals surface area contributed by atoms with Crippen LogP contribution in [0.3, 0.4) is 0 Å². The first-order valence-corrected chi connectivity index (χ1v) is 6.31. The SMILES string of the molecule is Cc1ccccc1OCC(CO)C1CCNC1. The van der Waals surface area contributed by atoms with E-state index in [2.05, 4.69) is 5.32 Å². The number of nitrogens with one attached hydrogen (secondary N) is 1. The molecule has 2 unspecified atom stereocenters. The number of aliphatic hydroxyl groups excluding tert-OH is 1. The normalized spacial score (nSPS) is 21.4. The first-order valence-electron chi connectivity index (χ1n) is 6.31. The summed E-state index contributed by atoms with van der Waals surface area (Å²) >= 11 is 0. The van der Waals surface area contributed by atoms with Gasteiger partial charge in [0.2, 0.25) is 0 Å². The molecule has 1 fully saturated rings. The third-order valence-electron chi connectivity index (χ3n) is 3.55. The Morgan fingerprint density at radius 3 is 2.94 bits per heavy atom. The number of benzene rings is 1. The highest BCUT2D eigenvalue weighted by Crippen LogP contribution is 2.22. The quantitative estimate of drug-likeness (QED) is 0.814. The second-order valence-electron chi connectivity index (χ2n) is 4.77. The van der Waals surface area contributed by atoms with Gasteiger partial charge in [-0.1, -0.05) is 18.2 Å². The molecular formula is C14H21NO2. The van der Waals surface area contributed by atoms with E-state index in [0.29, 0.717) is 12.5 Å². The van der Waals surface area contributed by atoms with E-state index in [9.17, 15) is 5.11 Å². The molecule has 17 heavy (non-hydrogen) atoms. The minimum Gasteiger partial charge on any atom is -0.493 e. The molecule has 0 aromatic heterocycles. The molecule has 1 heterocycles. The maximum Gasteiger partial charge on any atom is 0.122 e. The molecule has 2 N–H and O–H groups in total. The minimum atomic E-state index is 0.207. The van der Waals surface area contributed by atoms with E-state index in [0.717, 1.165) is 30.8 Å². The number of aryl methyl sites for hydroxylation is 1. The first kappa shape index (κ1) is 12.4. The highest BCUT2D eigenvalue weighted by Gasteiger charge is 2.24. The van der Waals surface area contributed by atoms with Gasteiger partial charge in [0.05, 0.1) is 6.61 Å². The molecule has 1 aromatic rings. The van der Waals surface area contributed by atoms with Crippen LogP contribution in [0.2, 0.25) is 0 Å². The lowest BCUT2D eigenvalue weighted by Gasteiger charge is -2.21. The van der Waals surface area contributed by atoms with Crippen LogP contribution in [0.5, 0.6) is 5.75 Å². The Hall–Kier alpha value is -1.06. The number of aliphatic hydroxyl groups is 1. The number of hydrogen-bond donors (Lipinski definition) is 2. The molecule has 1 aliphatic heterocycles. The van der Waals surface area contributed by atoms with E-state index < -0.39 is 0 Å². The molecule has 0 radical (unpaired) electrons. The van der Waals surface area contributed by atoms with Crippen molar-refractivity contribution >= 4 is 0 Å². The third kappa shape index (κ3) is 3.20. The van der Waals surface area contributed by atoms with Crippen molar-refractivity contribution < 1.29 is 9.84 Å². The van der Waals surface area contributed by atoms with Gasteiger partial charge in [0, 0.05) is 12.5 Å².